The van der Waals surface area contributed by atoms with Crippen LogP contribution in [0.1, 0.15) is 12.7 Å². The standard InChI is InChI=1S/C21H25N7O2/c1-3-30-18-7-5-4-6-17(18)22-21(29)27-12-15-10-26(11-16(15)13-27)20-9-8-19-24-23-14(2)28(19)25-20/h4-9,15-16H,3,10-13H2,1-2H3,(H,22,29). The van der Waals surface area contributed by atoms with Crippen molar-refractivity contribution in [1.82, 2.24) is 24.7 Å². The first-order valence-corrected chi connectivity index (χ1v) is 10.3. The Morgan fingerprint density at radius 3 is 2.63 bits per heavy atom. The summed E-state index contributed by atoms with van der Waals surface area (Å²) in [5, 5.41) is 15.9. The maximum absolute atomic E-state index is 12.8. The van der Waals surface area contributed by atoms with Gasteiger partial charge in [0.2, 0.25) is 0 Å². The molecule has 2 aliphatic heterocycles. The lowest BCUT2D eigenvalue weighted by Crippen LogP contribution is -2.36. The summed E-state index contributed by atoms with van der Waals surface area (Å²) in [7, 11) is 0. The first kappa shape index (κ1) is 18.7. The number of nitrogens with zero attached hydrogens (tertiary/aromatic N) is 6. The van der Waals surface area contributed by atoms with Gasteiger partial charge in [-0.25, -0.2) is 4.79 Å². The molecule has 0 saturated carbocycles. The van der Waals surface area contributed by atoms with Gasteiger partial charge in [-0.2, -0.15) is 4.52 Å². The van der Waals surface area contributed by atoms with E-state index in [4.69, 9.17) is 9.84 Å². The normalized spacial score (nSPS) is 20.6. The molecule has 0 radical (unpaired) electrons. The Bertz CT molecular complexity index is 1070. The molecule has 2 saturated heterocycles. The summed E-state index contributed by atoms with van der Waals surface area (Å²) in [6, 6.07) is 11.4. The van der Waals surface area contributed by atoms with E-state index in [9.17, 15) is 4.79 Å². The molecule has 0 spiro atoms. The van der Waals surface area contributed by atoms with Gasteiger partial charge in [-0.3, -0.25) is 0 Å². The molecule has 3 aromatic rings. The lowest BCUT2D eigenvalue weighted by Gasteiger charge is -2.23. The first-order chi connectivity index (χ1) is 14.6. The second-order valence-electron chi connectivity index (χ2n) is 7.90. The highest BCUT2D eigenvalue weighted by Gasteiger charge is 2.42. The molecule has 2 aromatic heterocycles. The zero-order valence-electron chi connectivity index (χ0n) is 17.2. The van der Waals surface area contributed by atoms with Crippen LogP contribution >= 0.6 is 0 Å². The molecule has 4 heterocycles. The summed E-state index contributed by atoms with van der Waals surface area (Å²) in [6.45, 7) is 7.67. The van der Waals surface area contributed by atoms with Crippen molar-refractivity contribution in [2.45, 2.75) is 13.8 Å². The highest BCUT2D eigenvalue weighted by Crippen LogP contribution is 2.34. The minimum Gasteiger partial charge on any atom is -0.492 e. The molecule has 30 heavy (non-hydrogen) atoms. The molecular formula is C21H25N7O2. The third-order valence-corrected chi connectivity index (χ3v) is 5.93. The fourth-order valence-electron chi connectivity index (χ4n) is 4.45. The molecule has 9 nitrogen and oxygen atoms in total. The predicted molar refractivity (Wildman–Crippen MR) is 113 cm³/mol. The lowest BCUT2D eigenvalue weighted by atomic mass is 10.0. The number of amides is 2. The second-order valence-corrected chi connectivity index (χ2v) is 7.90. The zero-order chi connectivity index (χ0) is 20.7. The number of benzene rings is 1. The Balaban J connectivity index is 1.23. The van der Waals surface area contributed by atoms with E-state index in [2.05, 4.69) is 20.4 Å². The first-order valence-electron chi connectivity index (χ1n) is 10.3. The smallest absolute Gasteiger partial charge is 0.321 e. The number of rotatable bonds is 4. The lowest BCUT2D eigenvalue weighted by molar-refractivity contribution is 0.219. The fourth-order valence-corrected chi connectivity index (χ4v) is 4.45. The van der Waals surface area contributed by atoms with Gasteiger partial charge < -0.3 is 19.9 Å². The number of carbonyl (C=O) groups is 1. The van der Waals surface area contributed by atoms with E-state index in [0.717, 1.165) is 43.5 Å². The molecule has 0 aliphatic carbocycles. The number of likely N-dealkylation sites (tertiary alicyclic amines) is 1. The number of carbonyl (C=O) groups excluding carboxylic acids is 1. The molecule has 2 amide bonds. The number of para-hydroxylation sites is 2. The van der Waals surface area contributed by atoms with Gasteiger partial charge in [0, 0.05) is 38.0 Å². The number of aromatic nitrogens is 4. The Kier molecular flexibility index (Phi) is 4.65. The van der Waals surface area contributed by atoms with Gasteiger partial charge >= 0.3 is 6.03 Å². The van der Waals surface area contributed by atoms with E-state index in [1.54, 1.807) is 4.52 Å². The molecule has 2 aliphatic rings. The van der Waals surface area contributed by atoms with E-state index in [1.165, 1.54) is 0 Å². The summed E-state index contributed by atoms with van der Waals surface area (Å²) in [6.07, 6.45) is 0. The molecule has 2 unspecified atom stereocenters. The number of anilines is 2. The van der Waals surface area contributed by atoms with Crippen LogP contribution in [0.25, 0.3) is 5.65 Å². The van der Waals surface area contributed by atoms with Gasteiger partial charge in [0.05, 0.1) is 12.3 Å². The highest BCUT2D eigenvalue weighted by molar-refractivity contribution is 5.91. The van der Waals surface area contributed by atoms with Crippen LogP contribution in [0.3, 0.4) is 0 Å². The fraction of sp³-hybridized carbons (Fsp3) is 0.429. The predicted octanol–water partition coefficient (Wildman–Crippen LogP) is 2.43. The quantitative estimate of drug-likeness (QED) is 0.715. The van der Waals surface area contributed by atoms with Gasteiger partial charge in [0.15, 0.2) is 11.5 Å². The van der Waals surface area contributed by atoms with E-state index < -0.39 is 0 Å². The van der Waals surface area contributed by atoms with Crippen molar-refractivity contribution in [3.8, 4) is 5.75 Å². The van der Waals surface area contributed by atoms with Crippen LogP contribution < -0.4 is 15.0 Å². The van der Waals surface area contributed by atoms with Crippen LogP contribution in [0.5, 0.6) is 5.75 Å². The van der Waals surface area contributed by atoms with E-state index in [0.29, 0.717) is 29.9 Å². The third-order valence-electron chi connectivity index (χ3n) is 5.93. The van der Waals surface area contributed by atoms with Gasteiger partial charge in [-0.15, -0.1) is 15.3 Å². The Labute approximate surface area is 174 Å². The second kappa shape index (κ2) is 7.47. The number of nitrogens with one attached hydrogen (secondary N) is 1. The van der Waals surface area contributed by atoms with Crippen LogP contribution in [0, 0.1) is 18.8 Å². The van der Waals surface area contributed by atoms with Crippen LogP contribution in [0.2, 0.25) is 0 Å². The van der Waals surface area contributed by atoms with Crippen LogP contribution in [-0.2, 0) is 0 Å². The number of aryl methyl sites for hydroxylation is 1. The average Bonchev–Trinajstić information content (AvgIpc) is 3.43. The summed E-state index contributed by atoms with van der Waals surface area (Å²) in [5.74, 6) is 3.29. The minimum atomic E-state index is -0.0669. The van der Waals surface area contributed by atoms with Gasteiger partial charge in [-0.1, -0.05) is 12.1 Å². The summed E-state index contributed by atoms with van der Waals surface area (Å²) >= 11 is 0. The Hall–Kier alpha value is -3.36. The topological polar surface area (TPSA) is 87.9 Å². The van der Waals surface area contributed by atoms with Crippen LogP contribution in [0.15, 0.2) is 36.4 Å². The van der Waals surface area contributed by atoms with E-state index >= 15 is 0 Å². The summed E-state index contributed by atoms with van der Waals surface area (Å²) in [5.41, 5.74) is 1.47. The van der Waals surface area contributed by atoms with Crippen LogP contribution in [0.4, 0.5) is 16.3 Å². The Morgan fingerprint density at radius 2 is 1.87 bits per heavy atom. The number of hydrogen-bond acceptors (Lipinski definition) is 6. The van der Waals surface area contributed by atoms with Gasteiger partial charge in [-0.05, 0) is 38.1 Å². The number of hydrogen-bond donors (Lipinski definition) is 1. The Morgan fingerprint density at radius 1 is 1.10 bits per heavy atom. The largest absolute Gasteiger partial charge is 0.492 e. The van der Waals surface area contributed by atoms with E-state index in [1.807, 2.05) is 55.1 Å². The SMILES string of the molecule is CCOc1ccccc1NC(=O)N1CC2CN(c3ccc4nnc(C)n4n3)CC2C1. The molecule has 1 N–H and O–H groups in total. The summed E-state index contributed by atoms with van der Waals surface area (Å²) in [4.78, 5) is 17.0. The molecule has 9 heteroatoms. The maximum atomic E-state index is 12.8. The number of urea groups is 1. The average molecular weight is 407 g/mol. The molecule has 2 atom stereocenters. The molecule has 156 valence electrons. The van der Waals surface area contributed by atoms with Crippen molar-refractivity contribution in [3.05, 3.63) is 42.2 Å². The molecular weight excluding hydrogens is 382 g/mol. The number of ether oxygens (including phenoxy) is 1. The van der Waals surface area contributed by atoms with Crippen LogP contribution in [-0.4, -0.2) is 63.5 Å². The van der Waals surface area contributed by atoms with Crippen molar-refractivity contribution in [2.24, 2.45) is 11.8 Å². The van der Waals surface area contributed by atoms with Crippen molar-refractivity contribution in [2.75, 3.05) is 43.0 Å². The minimum absolute atomic E-state index is 0.0669. The monoisotopic (exact) mass is 407 g/mol. The van der Waals surface area contributed by atoms with E-state index in [-0.39, 0.29) is 6.03 Å². The number of fused-ring (bicyclic) bond motifs is 2. The third kappa shape index (κ3) is 3.30. The molecule has 1 aromatic carbocycles. The van der Waals surface area contributed by atoms with Crippen molar-refractivity contribution >= 4 is 23.2 Å². The zero-order valence-corrected chi connectivity index (χ0v) is 17.2. The van der Waals surface area contributed by atoms with Gasteiger partial charge in [0.1, 0.15) is 11.6 Å². The molecule has 2 fully saturated rings. The molecule has 5 rings (SSSR count). The van der Waals surface area contributed by atoms with Crippen molar-refractivity contribution in [1.29, 1.82) is 0 Å². The highest BCUT2D eigenvalue weighted by atomic mass is 16.5. The van der Waals surface area contributed by atoms with Gasteiger partial charge in [0.25, 0.3) is 0 Å². The molecule has 0 bridgehead atoms. The maximum Gasteiger partial charge on any atom is 0.321 e. The summed E-state index contributed by atoms with van der Waals surface area (Å²) < 4.78 is 7.39. The van der Waals surface area contributed by atoms with Crippen molar-refractivity contribution in [3.63, 3.8) is 0 Å². The van der Waals surface area contributed by atoms with Crippen molar-refractivity contribution < 1.29 is 9.53 Å².